The molecule has 1 amide bonds. The standard InChI is InChI=1S/C10H17NO3/c1-10(2,3)7-4-8(12)11(5-7)6-9(13)14/h7H,4-6H2,1-3H3,(H,13,14). The first-order valence-electron chi connectivity index (χ1n) is 4.80. The minimum absolute atomic E-state index is 0.0349. The molecule has 1 saturated heterocycles. The number of amides is 1. The summed E-state index contributed by atoms with van der Waals surface area (Å²) in [6.07, 6.45) is 0.483. The van der Waals surface area contributed by atoms with Crippen molar-refractivity contribution < 1.29 is 14.7 Å². The van der Waals surface area contributed by atoms with Crippen LogP contribution in [0.5, 0.6) is 0 Å². The number of likely N-dealkylation sites (tertiary alicyclic amines) is 1. The van der Waals surface area contributed by atoms with Crippen molar-refractivity contribution in [3.05, 3.63) is 0 Å². The fourth-order valence-electron chi connectivity index (χ4n) is 1.67. The van der Waals surface area contributed by atoms with Gasteiger partial charge in [-0.15, -0.1) is 0 Å². The molecule has 1 aliphatic rings. The molecule has 0 bridgehead atoms. The Labute approximate surface area is 83.9 Å². The predicted molar refractivity (Wildman–Crippen MR) is 51.8 cm³/mol. The molecule has 0 spiro atoms. The van der Waals surface area contributed by atoms with E-state index in [1.165, 1.54) is 4.90 Å². The van der Waals surface area contributed by atoms with Gasteiger partial charge in [0.25, 0.3) is 0 Å². The van der Waals surface area contributed by atoms with Gasteiger partial charge in [-0.1, -0.05) is 20.8 Å². The number of hydrogen-bond acceptors (Lipinski definition) is 2. The van der Waals surface area contributed by atoms with E-state index in [2.05, 4.69) is 20.8 Å². The van der Waals surface area contributed by atoms with Crippen LogP contribution in [-0.2, 0) is 9.59 Å². The maximum Gasteiger partial charge on any atom is 0.323 e. The summed E-state index contributed by atoms with van der Waals surface area (Å²) in [5, 5.41) is 8.59. The topological polar surface area (TPSA) is 57.6 Å². The maximum atomic E-state index is 11.4. The third-order valence-corrected chi connectivity index (χ3v) is 2.77. The molecule has 14 heavy (non-hydrogen) atoms. The lowest BCUT2D eigenvalue weighted by Crippen LogP contribution is -2.32. The Morgan fingerprint density at radius 1 is 1.57 bits per heavy atom. The molecule has 0 aromatic carbocycles. The van der Waals surface area contributed by atoms with Crippen molar-refractivity contribution in [1.29, 1.82) is 0 Å². The summed E-state index contributed by atoms with van der Waals surface area (Å²) in [4.78, 5) is 23.3. The maximum absolute atomic E-state index is 11.4. The number of carboxylic acid groups (broad SMARTS) is 1. The number of carbonyl (C=O) groups excluding carboxylic acids is 1. The first kappa shape index (κ1) is 11.0. The van der Waals surface area contributed by atoms with E-state index in [1.807, 2.05) is 0 Å². The van der Waals surface area contributed by atoms with E-state index < -0.39 is 5.97 Å². The number of carbonyl (C=O) groups is 2. The van der Waals surface area contributed by atoms with Crippen LogP contribution in [0, 0.1) is 11.3 Å². The van der Waals surface area contributed by atoms with Crippen LogP contribution in [0.2, 0.25) is 0 Å². The van der Waals surface area contributed by atoms with Crippen molar-refractivity contribution in [2.45, 2.75) is 27.2 Å². The molecule has 1 N–H and O–H groups in total. The molecule has 4 nitrogen and oxygen atoms in total. The quantitative estimate of drug-likeness (QED) is 0.720. The molecule has 1 aliphatic heterocycles. The van der Waals surface area contributed by atoms with Crippen LogP contribution in [0.15, 0.2) is 0 Å². The molecule has 0 aromatic heterocycles. The van der Waals surface area contributed by atoms with E-state index in [4.69, 9.17) is 5.11 Å². The molecule has 0 aromatic rings. The summed E-state index contributed by atoms with van der Waals surface area (Å²) in [5.74, 6) is -0.699. The molecule has 0 saturated carbocycles. The molecular weight excluding hydrogens is 182 g/mol. The van der Waals surface area contributed by atoms with Gasteiger partial charge in [-0.05, 0) is 11.3 Å². The molecular formula is C10H17NO3. The molecule has 1 unspecified atom stereocenters. The van der Waals surface area contributed by atoms with E-state index in [0.717, 1.165) is 0 Å². The highest BCUT2D eigenvalue weighted by Gasteiger charge is 2.37. The van der Waals surface area contributed by atoms with Crippen molar-refractivity contribution in [2.75, 3.05) is 13.1 Å². The molecule has 1 rings (SSSR count). The van der Waals surface area contributed by atoms with Gasteiger partial charge in [0.05, 0.1) is 0 Å². The van der Waals surface area contributed by atoms with Gasteiger partial charge in [-0.2, -0.15) is 0 Å². The van der Waals surface area contributed by atoms with Crippen molar-refractivity contribution >= 4 is 11.9 Å². The van der Waals surface area contributed by atoms with Crippen molar-refractivity contribution in [3.8, 4) is 0 Å². The zero-order valence-corrected chi connectivity index (χ0v) is 8.91. The van der Waals surface area contributed by atoms with Gasteiger partial charge >= 0.3 is 5.97 Å². The van der Waals surface area contributed by atoms with Gasteiger partial charge < -0.3 is 10.0 Å². The van der Waals surface area contributed by atoms with Gasteiger partial charge in [0.15, 0.2) is 0 Å². The van der Waals surface area contributed by atoms with Crippen LogP contribution in [0.25, 0.3) is 0 Å². The number of nitrogens with zero attached hydrogens (tertiary/aromatic N) is 1. The van der Waals surface area contributed by atoms with Crippen LogP contribution in [0.4, 0.5) is 0 Å². The minimum Gasteiger partial charge on any atom is -0.480 e. The fourth-order valence-corrected chi connectivity index (χ4v) is 1.67. The summed E-state index contributed by atoms with van der Waals surface area (Å²) in [7, 11) is 0. The average molecular weight is 199 g/mol. The summed E-state index contributed by atoms with van der Waals surface area (Å²) >= 11 is 0. The first-order valence-corrected chi connectivity index (χ1v) is 4.80. The Balaban J connectivity index is 2.60. The van der Waals surface area contributed by atoms with Gasteiger partial charge in [-0.3, -0.25) is 9.59 Å². The highest BCUT2D eigenvalue weighted by Crippen LogP contribution is 2.33. The molecule has 1 fully saturated rings. The Morgan fingerprint density at radius 3 is 2.50 bits per heavy atom. The van der Waals surface area contributed by atoms with Gasteiger partial charge in [-0.25, -0.2) is 0 Å². The molecule has 1 heterocycles. The normalized spacial score (nSPS) is 22.9. The number of hydrogen-bond donors (Lipinski definition) is 1. The summed E-state index contributed by atoms with van der Waals surface area (Å²) in [5.41, 5.74) is 0.0723. The van der Waals surface area contributed by atoms with Crippen LogP contribution >= 0.6 is 0 Å². The molecule has 0 aliphatic carbocycles. The first-order chi connectivity index (χ1) is 6.30. The van der Waals surface area contributed by atoms with Gasteiger partial charge in [0.1, 0.15) is 6.54 Å². The zero-order valence-electron chi connectivity index (χ0n) is 8.91. The van der Waals surface area contributed by atoms with Crippen molar-refractivity contribution in [1.82, 2.24) is 4.90 Å². The monoisotopic (exact) mass is 199 g/mol. The van der Waals surface area contributed by atoms with E-state index in [9.17, 15) is 9.59 Å². The van der Waals surface area contributed by atoms with E-state index >= 15 is 0 Å². The molecule has 4 heteroatoms. The Morgan fingerprint density at radius 2 is 2.14 bits per heavy atom. The third-order valence-electron chi connectivity index (χ3n) is 2.77. The lowest BCUT2D eigenvalue weighted by Gasteiger charge is -2.26. The molecule has 80 valence electrons. The fraction of sp³-hybridized carbons (Fsp3) is 0.800. The lowest BCUT2D eigenvalue weighted by molar-refractivity contribution is -0.142. The lowest BCUT2D eigenvalue weighted by atomic mass is 9.80. The van der Waals surface area contributed by atoms with Crippen LogP contribution < -0.4 is 0 Å². The van der Waals surface area contributed by atoms with E-state index in [1.54, 1.807) is 0 Å². The highest BCUT2D eigenvalue weighted by atomic mass is 16.4. The van der Waals surface area contributed by atoms with Crippen LogP contribution in [-0.4, -0.2) is 35.0 Å². The van der Waals surface area contributed by atoms with Crippen molar-refractivity contribution in [3.63, 3.8) is 0 Å². The van der Waals surface area contributed by atoms with E-state index in [-0.39, 0.29) is 23.8 Å². The second-order valence-corrected chi connectivity index (χ2v) is 4.94. The Kier molecular flexibility index (Phi) is 2.83. The largest absolute Gasteiger partial charge is 0.480 e. The van der Waals surface area contributed by atoms with Gasteiger partial charge in [0, 0.05) is 13.0 Å². The minimum atomic E-state index is -0.937. The molecule has 1 atom stereocenters. The Hall–Kier alpha value is -1.06. The Bertz CT molecular complexity index is 255. The predicted octanol–water partition coefficient (Wildman–Crippen LogP) is 0.966. The second-order valence-electron chi connectivity index (χ2n) is 4.94. The van der Waals surface area contributed by atoms with Crippen molar-refractivity contribution in [2.24, 2.45) is 11.3 Å². The molecule has 0 radical (unpaired) electrons. The SMILES string of the molecule is CC(C)(C)C1CC(=O)N(CC(=O)O)C1. The summed E-state index contributed by atoms with van der Waals surface area (Å²) in [6.45, 7) is 6.65. The number of aliphatic carboxylic acids is 1. The van der Waals surface area contributed by atoms with E-state index in [0.29, 0.717) is 13.0 Å². The second kappa shape index (κ2) is 3.59. The number of carboxylic acids is 1. The summed E-state index contributed by atoms with van der Waals surface area (Å²) < 4.78 is 0. The number of rotatable bonds is 2. The van der Waals surface area contributed by atoms with Crippen LogP contribution in [0.3, 0.4) is 0 Å². The average Bonchev–Trinajstić information content (AvgIpc) is 2.30. The highest BCUT2D eigenvalue weighted by molar-refractivity contribution is 5.83. The third kappa shape index (κ3) is 2.47. The smallest absolute Gasteiger partial charge is 0.323 e. The zero-order chi connectivity index (χ0) is 10.9. The van der Waals surface area contributed by atoms with Crippen LogP contribution in [0.1, 0.15) is 27.2 Å². The van der Waals surface area contributed by atoms with Gasteiger partial charge in [0.2, 0.25) is 5.91 Å². The summed E-state index contributed by atoms with van der Waals surface area (Å²) in [6, 6.07) is 0.